The first-order valence-corrected chi connectivity index (χ1v) is 26.0. The molecule has 8 rings (SSSR count). The van der Waals surface area contributed by atoms with Crippen molar-refractivity contribution in [3.8, 4) is 34.5 Å². The van der Waals surface area contributed by atoms with Crippen molar-refractivity contribution in [1.29, 1.82) is 0 Å². The highest BCUT2D eigenvalue weighted by molar-refractivity contribution is 6.30. The van der Waals surface area contributed by atoms with E-state index in [9.17, 15) is 14.4 Å². The Kier molecular flexibility index (Phi) is 24.3. The second-order valence-corrected chi connectivity index (χ2v) is 20.2. The fourth-order valence-corrected chi connectivity index (χ4v) is 11.0. The third-order valence-corrected chi connectivity index (χ3v) is 15.0. The van der Waals surface area contributed by atoms with Crippen LogP contribution in [-0.2, 0) is 17.6 Å². The maximum Gasteiger partial charge on any atom is 0.319 e. The van der Waals surface area contributed by atoms with Crippen molar-refractivity contribution >= 4 is 77.4 Å². The molecule has 5 amide bonds. The van der Waals surface area contributed by atoms with Gasteiger partial charge < -0.3 is 60.7 Å². The molecule has 4 heterocycles. The van der Waals surface area contributed by atoms with Gasteiger partial charge in [0.1, 0.15) is 0 Å². The fourth-order valence-electron chi connectivity index (χ4n) is 10.8. The minimum Gasteiger partial charge on any atom is -0.493 e. The number of hydrogen-bond donors (Lipinski definition) is 6. The van der Waals surface area contributed by atoms with Crippen molar-refractivity contribution in [3.05, 3.63) is 94.0 Å². The fraction of sp³-hybridized carbons (Fsp3) is 0.500. The van der Waals surface area contributed by atoms with E-state index in [2.05, 4.69) is 60.6 Å². The standard InChI is InChI=1S/C28H38ClN5O5.C26H35ClN4O4.2ClH/c1-37-24-13-21(14-25(38-2)27(24)39-3)31-28(36)32-22-15-33(17-26(30)35)16-23(22)34-10-8-19(9-11-34)12-18-4-6-20(29)7-5-18;1-33-23-13-20(14-24(34-2)25(23)35-3)29-26(32)30-21-15-28-16-22(21)31-10-8-18(9-11-31)12-17-4-6-19(27)7-5-17;;/h4-7,13-14,19,22-23H,8-12,15-17H2,1-3H3,(H2,30,35)(H2,31,32,36);4-7,13-14,18,21-22,28H,8-12,15-16H2,1-3H3,(H2,29,30,32);2*1H/t22-,23-;21-,22-;;/m11../s1. The summed E-state index contributed by atoms with van der Waals surface area (Å²) >= 11 is 12.1. The van der Waals surface area contributed by atoms with Crippen LogP contribution in [0.5, 0.6) is 34.5 Å². The van der Waals surface area contributed by atoms with Gasteiger partial charge in [-0.15, -0.1) is 24.8 Å². The first-order chi connectivity index (χ1) is 35.8. The van der Waals surface area contributed by atoms with E-state index in [1.165, 1.54) is 32.5 Å². The average Bonchev–Trinajstić information content (AvgIpc) is 4.03. The topological polar surface area (TPSA) is 202 Å². The van der Waals surface area contributed by atoms with Gasteiger partial charge in [0.05, 0.1) is 72.7 Å². The predicted octanol–water partition coefficient (Wildman–Crippen LogP) is 7.61. The highest BCUT2D eigenvalue weighted by Crippen LogP contribution is 2.41. The molecule has 418 valence electrons. The Morgan fingerprint density at radius 1 is 0.566 bits per heavy atom. The summed E-state index contributed by atoms with van der Waals surface area (Å²) in [6.07, 6.45) is 6.57. The lowest BCUT2D eigenvalue weighted by Crippen LogP contribution is -2.54. The number of nitrogens with zero attached hydrogens (tertiary/aromatic N) is 3. The Hall–Kier alpha value is -5.31. The normalized spacial score (nSPS) is 20.1. The zero-order valence-corrected chi connectivity index (χ0v) is 47.3. The van der Waals surface area contributed by atoms with Gasteiger partial charge >= 0.3 is 12.1 Å². The highest BCUT2D eigenvalue weighted by Gasteiger charge is 2.40. The molecule has 4 aliphatic heterocycles. The highest BCUT2D eigenvalue weighted by atomic mass is 35.5. The van der Waals surface area contributed by atoms with Gasteiger partial charge in [0.2, 0.25) is 17.4 Å². The summed E-state index contributed by atoms with van der Waals surface area (Å²) in [4.78, 5) is 44.5. The number of ether oxygens (including phenoxy) is 6. The number of anilines is 2. The Bertz CT molecular complexity index is 2430. The molecule has 4 aromatic rings. The monoisotopic (exact) mass is 1130 g/mol. The van der Waals surface area contributed by atoms with E-state index in [-0.39, 0.29) is 73.5 Å². The van der Waals surface area contributed by atoms with Crippen molar-refractivity contribution in [1.82, 2.24) is 30.7 Å². The Balaban J connectivity index is 0.000000275. The number of rotatable bonds is 18. The van der Waals surface area contributed by atoms with Gasteiger partial charge in [-0.05, 0) is 112 Å². The molecule has 7 N–H and O–H groups in total. The summed E-state index contributed by atoms with van der Waals surface area (Å²) in [6, 6.07) is 22.7. The summed E-state index contributed by atoms with van der Waals surface area (Å²) in [5.41, 5.74) is 9.21. The predicted molar refractivity (Wildman–Crippen MR) is 304 cm³/mol. The molecular weight excluding hydrogens is 1060 g/mol. The molecule has 0 spiro atoms. The van der Waals surface area contributed by atoms with Crippen LogP contribution in [0.15, 0.2) is 72.8 Å². The third kappa shape index (κ3) is 16.8. The van der Waals surface area contributed by atoms with Crippen LogP contribution in [0, 0.1) is 11.8 Å². The van der Waals surface area contributed by atoms with E-state index in [0.717, 1.165) is 87.8 Å². The Morgan fingerprint density at radius 3 is 1.34 bits per heavy atom. The number of methoxy groups -OCH3 is 6. The van der Waals surface area contributed by atoms with Crippen LogP contribution in [-0.4, -0.2) is 158 Å². The van der Waals surface area contributed by atoms with Crippen LogP contribution in [0.1, 0.15) is 36.8 Å². The maximum atomic E-state index is 13.1. The average molecular weight is 1140 g/mol. The van der Waals surface area contributed by atoms with Crippen LogP contribution < -0.4 is 60.7 Å². The van der Waals surface area contributed by atoms with Crippen molar-refractivity contribution in [2.24, 2.45) is 17.6 Å². The van der Waals surface area contributed by atoms with Gasteiger partial charge in [-0.25, -0.2) is 9.59 Å². The first kappa shape index (κ1) is 61.5. The smallest absolute Gasteiger partial charge is 0.319 e. The van der Waals surface area contributed by atoms with Gasteiger partial charge in [0.15, 0.2) is 23.0 Å². The van der Waals surface area contributed by atoms with Crippen LogP contribution in [0.4, 0.5) is 21.0 Å². The zero-order chi connectivity index (χ0) is 52.7. The minimum absolute atomic E-state index is 0. The number of amides is 5. The second kappa shape index (κ2) is 30.0. The molecule has 4 saturated heterocycles. The molecule has 0 saturated carbocycles. The molecule has 0 bridgehead atoms. The summed E-state index contributed by atoms with van der Waals surface area (Å²) in [7, 11) is 9.22. The van der Waals surface area contributed by atoms with Crippen molar-refractivity contribution in [3.63, 3.8) is 0 Å². The molecule has 0 radical (unpaired) electrons. The van der Waals surface area contributed by atoms with Crippen LogP contribution in [0.2, 0.25) is 10.0 Å². The van der Waals surface area contributed by atoms with Gasteiger partial charge in [0.25, 0.3) is 0 Å². The van der Waals surface area contributed by atoms with Gasteiger partial charge in [-0.1, -0.05) is 47.5 Å². The largest absolute Gasteiger partial charge is 0.493 e. The molecule has 4 fully saturated rings. The minimum atomic E-state index is -0.377. The number of nitrogens with one attached hydrogen (secondary N) is 5. The summed E-state index contributed by atoms with van der Waals surface area (Å²) in [5, 5.41) is 17.1. The molecule has 4 aromatic carbocycles. The van der Waals surface area contributed by atoms with Gasteiger partial charge in [0, 0.05) is 72.6 Å². The van der Waals surface area contributed by atoms with Crippen molar-refractivity contribution in [2.45, 2.75) is 62.7 Å². The lowest BCUT2D eigenvalue weighted by molar-refractivity contribution is -0.118. The molecule has 0 aliphatic carbocycles. The number of primary amides is 1. The molecule has 4 atom stereocenters. The van der Waals surface area contributed by atoms with E-state index >= 15 is 0 Å². The Labute approximate surface area is 469 Å². The van der Waals surface area contributed by atoms with Crippen molar-refractivity contribution < 1.29 is 42.8 Å². The third-order valence-electron chi connectivity index (χ3n) is 14.5. The van der Waals surface area contributed by atoms with Crippen LogP contribution in [0.25, 0.3) is 0 Å². The number of halogens is 4. The van der Waals surface area contributed by atoms with E-state index in [4.69, 9.17) is 57.4 Å². The van der Waals surface area contributed by atoms with Crippen LogP contribution >= 0.6 is 48.0 Å². The maximum absolute atomic E-state index is 13.1. The number of hydrogen-bond acceptors (Lipinski definition) is 13. The first-order valence-electron chi connectivity index (χ1n) is 25.2. The summed E-state index contributed by atoms with van der Waals surface area (Å²) < 4.78 is 32.3. The van der Waals surface area contributed by atoms with Crippen molar-refractivity contribution in [2.75, 3.05) is 112 Å². The number of benzene rings is 4. The Morgan fingerprint density at radius 2 is 0.961 bits per heavy atom. The van der Waals surface area contributed by atoms with E-state index in [1.54, 1.807) is 45.6 Å². The molecular formula is C54H75Cl4N9O9. The van der Waals surface area contributed by atoms with Gasteiger partial charge in [-0.2, -0.15) is 0 Å². The number of urea groups is 2. The summed E-state index contributed by atoms with van der Waals surface area (Å²) in [5.74, 6) is 3.70. The molecule has 76 heavy (non-hydrogen) atoms. The SMILES string of the molecule is COc1cc(NC(=O)N[C@@H]2CN(CC(N)=O)C[C@H]2N2CCC(Cc3ccc(Cl)cc3)CC2)cc(OC)c1OC.COc1cc(NC(=O)N[C@@H]2CNC[C@H]2N2CCC(Cc3ccc(Cl)cc3)CC2)cc(OC)c1OC.Cl.Cl. The molecule has 18 nitrogen and oxygen atoms in total. The van der Waals surface area contributed by atoms with E-state index in [1.807, 2.05) is 29.2 Å². The quantitative estimate of drug-likeness (QED) is 0.0569. The second-order valence-electron chi connectivity index (χ2n) is 19.3. The summed E-state index contributed by atoms with van der Waals surface area (Å²) in [6.45, 7) is 6.93. The number of carbonyl (C=O) groups excluding carboxylic acids is 3. The number of likely N-dealkylation sites (tertiary alicyclic amines) is 3. The molecule has 22 heteroatoms. The number of carbonyl (C=O) groups is 3. The lowest BCUT2D eigenvalue weighted by atomic mass is 9.89. The number of nitrogens with two attached hydrogens (primary N) is 1. The molecule has 4 aliphatic rings. The van der Waals surface area contributed by atoms with Gasteiger partial charge in [-0.3, -0.25) is 19.5 Å². The zero-order valence-electron chi connectivity index (χ0n) is 44.2. The molecule has 0 unspecified atom stereocenters. The molecule has 0 aromatic heterocycles. The lowest BCUT2D eigenvalue weighted by Gasteiger charge is -2.38. The number of piperidine rings is 2. The van der Waals surface area contributed by atoms with E-state index < -0.39 is 0 Å². The van der Waals surface area contributed by atoms with E-state index in [0.29, 0.717) is 70.8 Å². The van der Waals surface area contributed by atoms with Crippen LogP contribution in [0.3, 0.4) is 0 Å².